The van der Waals surface area contributed by atoms with E-state index in [0.29, 0.717) is 23.7 Å². The monoisotopic (exact) mass is 479 g/mol. The third-order valence-electron chi connectivity index (χ3n) is 5.67. The maximum absolute atomic E-state index is 13.5. The first-order valence-electron chi connectivity index (χ1n) is 10.6. The van der Waals surface area contributed by atoms with E-state index >= 15 is 0 Å². The lowest BCUT2D eigenvalue weighted by Gasteiger charge is -2.36. The Bertz CT molecular complexity index is 1330. The molecule has 0 saturated carbocycles. The van der Waals surface area contributed by atoms with Crippen LogP contribution in [0, 0.1) is 0 Å². The fourth-order valence-electron chi connectivity index (χ4n) is 3.91. The standard InChI is InChI=1S/C25H22ClN3O3S/c26-20-13-11-19(12-14-20)23-27-24(33(30,31)22-9-5-2-6-10-22)25(32-23)29-17-15-28(16-18-29)21-7-3-1-4-8-21/h1-14H,15-18H2. The molecule has 0 spiro atoms. The number of oxazole rings is 1. The van der Waals surface area contributed by atoms with E-state index in [0.717, 1.165) is 18.8 Å². The lowest BCUT2D eigenvalue weighted by atomic mass is 10.2. The summed E-state index contributed by atoms with van der Waals surface area (Å²) in [6.45, 7) is 2.71. The van der Waals surface area contributed by atoms with Crippen molar-refractivity contribution < 1.29 is 12.8 Å². The molecule has 4 aromatic rings. The van der Waals surface area contributed by atoms with Crippen LogP contribution in [0.2, 0.25) is 5.02 Å². The molecule has 1 aromatic heterocycles. The Morgan fingerprint density at radius 1 is 0.758 bits per heavy atom. The molecular formula is C25H22ClN3O3S. The highest BCUT2D eigenvalue weighted by molar-refractivity contribution is 7.91. The van der Waals surface area contributed by atoms with Crippen LogP contribution in [-0.2, 0) is 9.84 Å². The maximum atomic E-state index is 13.5. The molecule has 1 aliphatic heterocycles. The fourth-order valence-corrected chi connectivity index (χ4v) is 5.38. The topological polar surface area (TPSA) is 66.7 Å². The van der Waals surface area contributed by atoms with Crippen LogP contribution in [0.3, 0.4) is 0 Å². The molecule has 8 heteroatoms. The van der Waals surface area contributed by atoms with Crippen molar-refractivity contribution in [2.24, 2.45) is 0 Å². The van der Waals surface area contributed by atoms with Crippen molar-refractivity contribution in [3.05, 3.63) is 90.0 Å². The molecule has 6 nitrogen and oxygen atoms in total. The molecule has 3 aromatic carbocycles. The Labute approximate surface area is 198 Å². The number of nitrogens with zero attached hydrogens (tertiary/aromatic N) is 3. The van der Waals surface area contributed by atoms with Gasteiger partial charge in [-0.1, -0.05) is 48.0 Å². The zero-order valence-corrected chi connectivity index (χ0v) is 19.3. The maximum Gasteiger partial charge on any atom is 0.236 e. The van der Waals surface area contributed by atoms with Gasteiger partial charge in [-0.25, -0.2) is 8.42 Å². The molecule has 1 saturated heterocycles. The zero-order chi connectivity index (χ0) is 22.8. The van der Waals surface area contributed by atoms with E-state index < -0.39 is 9.84 Å². The molecule has 2 heterocycles. The van der Waals surface area contributed by atoms with Crippen LogP contribution >= 0.6 is 11.6 Å². The number of aromatic nitrogens is 1. The van der Waals surface area contributed by atoms with Gasteiger partial charge in [0.2, 0.25) is 26.6 Å². The van der Waals surface area contributed by atoms with Crippen LogP contribution in [0.4, 0.5) is 11.6 Å². The van der Waals surface area contributed by atoms with Gasteiger partial charge in [-0.05, 0) is 48.5 Å². The SMILES string of the molecule is O=S(=O)(c1ccccc1)c1nc(-c2ccc(Cl)cc2)oc1N1CCN(c2ccccc2)CC1. The normalized spacial score (nSPS) is 14.5. The summed E-state index contributed by atoms with van der Waals surface area (Å²) in [5.74, 6) is 0.526. The molecule has 0 bridgehead atoms. The van der Waals surface area contributed by atoms with Crippen LogP contribution in [0.5, 0.6) is 0 Å². The highest BCUT2D eigenvalue weighted by Gasteiger charge is 2.32. The predicted molar refractivity (Wildman–Crippen MR) is 130 cm³/mol. The van der Waals surface area contributed by atoms with Crippen molar-refractivity contribution in [1.29, 1.82) is 0 Å². The first-order chi connectivity index (χ1) is 16.0. The molecule has 0 atom stereocenters. The van der Waals surface area contributed by atoms with E-state index in [1.54, 1.807) is 54.6 Å². The average molecular weight is 480 g/mol. The van der Waals surface area contributed by atoms with Gasteiger partial charge in [0, 0.05) is 42.5 Å². The second-order valence-electron chi connectivity index (χ2n) is 7.76. The summed E-state index contributed by atoms with van der Waals surface area (Å²) in [6, 6.07) is 25.5. The number of halogens is 1. The van der Waals surface area contributed by atoms with Crippen molar-refractivity contribution in [1.82, 2.24) is 4.98 Å². The number of piperazine rings is 1. The molecule has 1 fully saturated rings. The van der Waals surface area contributed by atoms with Crippen LogP contribution in [0.15, 0.2) is 99.3 Å². The van der Waals surface area contributed by atoms with Gasteiger partial charge in [-0.15, -0.1) is 0 Å². The second-order valence-corrected chi connectivity index (χ2v) is 10.1. The molecule has 0 N–H and O–H groups in total. The van der Waals surface area contributed by atoms with Gasteiger partial charge in [0.05, 0.1) is 4.90 Å². The van der Waals surface area contributed by atoms with E-state index in [1.807, 2.05) is 23.1 Å². The minimum absolute atomic E-state index is 0.0631. The predicted octanol–water partition coefficient (Wildman–Crippen LogP) is 5.15. The van der Waals surface area contributed by atoms with Crippen LogP contribution in [-0.4, -0.2) is 39.6 Å². The highest BCUT2D eigenvalue weighted by Crippen LogP contribution is 2.35. The minimum atomic E-state index is -3.87. The Kier molecular flexibility index (Phi) is 5.83. The van der Waals surface area contributed by atoms with Crippen molar-refractivity contribution >= 4 is 33.0 Å². The van der Waals surface area contributed by atoms with Crippen LogP contribution in [0.25, 0.3) is 11.5 Å². The first kappa shape index (κ1) is 21.6. The third kappa shape index (κ3) is 4.34. The van der Waals surface area contributed by atoms with Crippen molar-refractivity contribution in [2.45, 2.75) is 9.92 Å². The Balaban J connectivity index is 1.51. The lowest BCUT2D eigenvalue weighted by Crippen LogP contribution is -2.46. The Morgan fingerprint density at radius 3 is 1.97 bits per heavy atom. The van der Waals surface area contributed by atoms with E-state index in [9.17, 15) is 8.42 Å². The lowest BCUT2D eigenvalue weighted by molar-refractivity contribution is 0.525. The van der Waals surface area contributed by atoms with Gasteiger partial charge >= 0.3 is 0 Å². The van der Waals surface area contributed by atoms with E-state index in [-0.39, 0.29) is 21.7 Å². The van der Waals surface area contributed by atoms with Crippen LogP contribution < -0.4 is 9.80 Å². The van der Waals surface area contributed by atoms with E-state index in [4.69, 9.17) is 16.0 Å². The molecule has 33 heavy (non-hydrogen) atoms. The first-order valence-corrected chi connectivity index (χ1v) is 12.5. The van der Waals surface area contributed by atoms with Gasteiger partial charge < -0.3 is 14.2 Å². The number of sulfone groups is 1. The van der Waals surface area contributed by atoms with E-state index in [2.05, 4.69) is 22.0 Å². The molecule has 168 valence electrons. The summed E-state index contributed by atoms with van der Waals surface area (Å²) in [7, 11) is -3.87. The molecule has 5 rings (SSSR count). The number of hydrogen-bond acceptors (Lipinski definition) is 6. The Morgan fingerprint density at radius 2 is 1.33 bits per heavy atom. The fraction of sp³-hybridized carbons (Fsp3) is 0.160. The van der Waals surface area contributed by atoms with E-state index in [1.165, 1.54) is 0 Å². The summed E-state index contributed by atoms with van der Waals surface area (Å²) in [6.07, 6.45) is 0. The van der Waals surface area contributed by atoms with Gasteiger partial charge in [0.1, 0.15) is 0 Å². The number of benzene rings is 3. The smallest absolute Gasteiger partial charge is 0.236 e. The summed E-state index contributed by atoms with van der Waals surface area (Å²) < 4.78 is 33.1. The third-order valence-corrected chi connectivity index (χ3v) is 7.59. The minimum Gasteiger partial charge on any atom is -0.419 e. The largest absolute Gasteiger partial charge is 0.419 e. The number of para-hydroxylation sites is 1. The number of hydrogen-bond donors (Lipinski definition) is 0. The molecule has 0 unspecified atom stereocenters. The molecule has 0 amide bonds. The van der Waals surface area contributed by atoms with Gasteiger partial charge in [-0.2, -0.15) is 4.98 Å². The summed E-state index contributed by atoms with van der Waals surface area (Å²) in [5, 5.41) is 0.520. The van der Waals surface area contributed by atoms with Crippen molar-refractivity contribution in [2.75, 3.05) is 36.0 Å². The average Bonchev–Trinajstić information content (AvgIpc) is 3.32. The molecule has 1 aliphatic rings. The molecular weight excluding hydrogens is 458 g/mol. The van der Waals surface area contributed by atoms with Gasteiger partial charge in [-0.3, -0.25) is 0 Å². The molecule has 0 radical (unpaired) electrons. The summed E-state index contributed by atoms with van der Waals surface area (Å²) >= 11 is 6.01. The quantitative estimate of drug-likeness (QED) is 0.394. The summed E-state index contributed by atoms with van der Waals surface area (Å²) in [4.78, 5) is 8.88. The number of anilines is 2. The number of rotatable bonds is 5. The van der Waals surface area contributed by atoms with Crippen LogP contribution in [0.1, 0.15) is 0 Å². The van der Waals surface area contributed by atoms with Gasteiger partial charge in [0.25, 0.3) is 0 Å². The second kappa shape index (κ2) is 8.92. The summed E-state index contributed by atoms with van der Waals surface area (Å²) in [5.41, 5.74) is 1.81. The van der Waals surface area contributed by atoms with Crippen molar-refractivity contribution in [3.63, 3.8) is 0 Å². The Hall–Kier alpha value is -3.29. The van der Waals surface area contributed by atoms with Gasteiger partial charge in [0.15, 0.2) is 0 Å². The zero-order valence-electron chi connectivity index (χ0n) is 17.8. The van der Waals surface area contributed by atoms with Crippen molar-refractivity contribution in [3.8, 4) is 11.5 Å². The highest BCUT2D eigenvalue weighted by atomic mass is 35.5. The molecule has 0 aliphatic carbocycles.